The number of carbonyl (C=O) groups is 2. The van der Waals surface area contributed by atoms with E-state index in [1.54, 1.807) is 18.2 Å². The van der Waals surface area contributed by atoms with Gasteiger partial charge in [0, 0.05) is 5.92 Å². The highest BCUT2D eigenvalue weighted by atomic mass is 35.5. The molecular formula is C21H25Cl2FO5. The van der Waals surface area contributed by atoms with Crippen molar-refractivity contribution in [2.45, 2.75) is 63.3 Å². The van der Waals surface area contributed by atoms with E-state index in [0.717, 1.165) is 19.3 Å². The van der Waals surface area contributed by atoms with Gasteiger partial charge in [-0.15, -0.1) is 0 Å². The standard InChI is InChI=1S/C21H25Cl2FO5/c22-14-7-6-12(10-15(14)23)11-29-16-8-9-21(24,20(27)28)18(17(16)19(25)26)13-4-2-1-3-5-13/h6-7,10,13,16-18H,1-5,8-9,11H2,(H,25,26)(H,27,28). The Morgan fingerprint density at radius 1 is 1.10 bits per heavy atom. The molecule has 1 aromatic carbocycles. The first-order valence-electron chi connectivity index (χ1n) is 9.94. The smallest absolute Gasteiger partial charge is 0.341 e. The van der Waals surface area contributed by atoms with Crippen molar-refractivity contribution in [2.24, 2.45) is 17.8 Å². The first kappa shape index (κ1) is 22.3. The maximum Gasteiger partial charge on any atom is 0.341 e. The lowest BCUT2D eigenvalue weighted by atomic mass is 9.60. The number of hydrogen-bond acceptors (Lipinski definition) is 3. The third-order valence-corrected chi connectivity index (χ3v) is 7.09. The van der Waals surface area contributed by atoms with Crippen molar-refractivity contribution < 1.29 is 28.9 Å². The highest BCUT2D eigenvalue weighted by Crippen LogP contribution is 2.50. The fourth-order valence-electron chi connectivity index (χ4n) is 4.96. The van der Waals surface area contributed by atoms with Crippen molar-refractivity contribution >= 4 is 35.1 Å². The summed E-state index contributed by atoms with van der Waals surface area (Å²) >= 11 is 11.9. The summed E-state index contributed by atoms with van der Waals surface area (Å²) in [7, 11) is 0. The zero-order chi connectivity index (χ0) is 21.2. The predicted octanol–water partition coefficient (Wildman–Crippen LogP) is 5.36. The maximum atomic E-state index is 15.6. The number of carboxylic acid groups (broad SMARTS) is 2. The van der Waals surface area contributed by atoms with Gasteiger partial charge >= 0.3 is 11.9 Å². The van der Waals surface area contributed by atoms with E-state index in [0.29, 0.717) is 28.5 Å². The van der Waals surface area contributed by atoms with Crippen LogP contribution < -0.4 is 0 Å². The molecule has 0 spiro atoms. The van der Waals surface area contributed by atoms with Crippen LogP contribution in [0.2, 0.25) is 10.0 Å². The Balaban J connectivity index is 1.84. The number of alkyl halides is 1. The van der Waals surface area contributed by atoms with Gasteiger partial charge in [-0.3, -0.25) is 4.79 Å². The van der Waals surface area contributed by atoms with Gasteiger partial charge in [0.15, 0.2) is 0 Å². The second-order valence-electron chi connectivity index (χ2n) is 8.09. The summed E-state index contributed by atoms with van der Waals surface area (Å²) in [6.07, 6.45) is 3.03. The number of aliphatic carboxylic acids is 2. The van der Waals surface area contributed by atoms with Gasteiger partial charge in [0.2, 0.25) is 5.67 Å². The van der Waals surface area contributed by atoms with E-state index >= 15 is 4.39 Å². The van der Waals surface area contributed by atoms with Crippen molar-refractivity contribution in [1.82, 2.24) is 0 Å². The average Bonchev–Trinajstić information content (AvgIpc) is 2.69. The lowest BCUT2D eigenvalue weighted by Crippen LogP contribution is -2.57. The van der Waals surface area contributed by atoms with Crippen LogP contribution in [0.1, 0.15) is 50.5 Å². The molecule has 3 rings (SSSR count). The zero-order valence-electron chi connectivity index (χ0n) is 16.0. The van der Waals surface area contributed by atoms with Crippen LogP contribution in [0.4, 0.5) is 4.39 Å². The highest BCUT2D eigenvalue weighted by molar-refractivity contribution is 6.42. The summed E-state index contributed by atoms with van der Waals surface area (Å²) in [5.41, 5.74) is -1.83. The van der Waals surface area contributed by atoms with Gasteiger partial charge in [-0.05, 0) is 36.5 Å². The van der Waals surface area contributed by atoms with Gasteiger partial charge in [-0.1, -0.05) is 61.4 Å². The number of benzene rings is 1. The van der Waals surface area contributed by atoms with Gasteiger partial charge < -0.3 is 14.9 Å². The van der Waals surface area contributed by atoms with Gasteiger partial charge in [0.05, 0.1) is 28.7 Å². The van der Waals surface area contributed by atoms with Gasteiger partial charge in [0.25, 0.3) is 0 Å². The second kappa shape index (κ2) is 9.19. The molecule has 0 saturated heterocycles. The summed E-state index contributed by atoms with van der Waals surface area (Å²) in [5.74, 6) is -5.37. The zero-order valence-corrected chi connectivity index (χ0v) is 17.5. The molecule has 0 aliphatic heterocycles. The van der Waals surface area contributed by atoms with Crippen LogP contribution in [0, 0.1) is 17.8 Å². The third-order valence-electron chi connectivity index (χ3n) is 6.35. The summed E-state index contributed by atoms with van der Waals surface area (Å²) in [6.45, 7) is 0.0923. The summed E-state index contributed by atoms with van der Waals surface area (Å²) < 4.78 is 21.5. The van der Waals surface area contributed by atoms with E-state index in [1.165, 1.54) is 0 Å². The molecule has 1 aromatic rings. The van der Waals surface area contributed by atoms with E-state index < -0.39 is 35.5 Å². The maximum absolute atomic E-state index is 15.6. The van der Waals surface area contributed by atoms with Crippen LogP contribution in [0.15, 0.2) is 18.2 Å². The van der Waals surface area contributed by atoms with Crippen molar-refractivity contribution in [1.29, 1.82) is 0 Å². The Labute approximate surface area is 179 Å². The predicted molar refractivity (Wildman–Crippen MR) is 107 cm³/mol. The summed E-state index contributed by atoms with van der Waals surface area (Å²) in [6, 6.07) is 4.99. The number of hydrogen-bond donors (Lipinski definition) is 2. The largest absolute Gasteiger partial charge is 0.481 e. The molecule has 0 amide bonds. The van der Waals surface area contributed by atoms with Crippen molar-refractivity contribution in [3.05, 3.63) is 33.8 Å². The number of rotatable bonds is 6. The van der Waals surface area contributed by atoms with Crippen LogP contribution in [-0.4, -0.2) is 33.9 Å². The van der Waals surface area contributed by atoms with Crippen LogP contribution in [0.25, 0.3) is 0 Å². The van der Waals surface area contributed by atoms with E-state index in [2.05, 4.69) is 0 Å². The number of ether oxygens (including phenoxy) is 1. The quantitative estimate of drug-likeness (QED) is 0.613. The van der Waals surface area contributed by atoms with E-state index in [-0.39, 0.29) is 25.4 Å². The molecule has 0 heterocycles. The van der Waals surface area contributed by atoms with E-state index in [4.69, 9.17) is 27.9 Å². The lowest BCUT2D eigenvalue weighted by molar-refractivity contribution is -0.184. The van der Waals surface area contributed by atoms with Crippen LogP contribution in [0.3, 0.4) is 0 Å². The Bertz CT molecular complexity index is 767. The second-order valence-corrected chi connectivity index (χ2v) is 8.91. The van der Waals surface area contributed by atoms with E-state index in [9.17, 15) is 19.8 Å². The molecule has 5 nitrogen and oxygen atoms in total. The molecule has 160 valence electrons. The molecule has 2 saturated carbocycles. The van der Waals surface area contributed by atoms with Gasteiger partial charge in [-0.25, -0.2) is 9.18 Å². The molecule has 2 aliphatic rings. The molecule has 8 heteroatoms. The molecule has 4 atom stereocenters. The molecule has 0 bridgehead atoms. The Hall–Kier alpha value is -1.37. The van der Waals surface area contributed by atoms with Gasteiger partial charge in [-0.2, -0.15) is 0 Å². The number of halogens is 3. The fourth-order valence-corrected chi connectivity index (χ4v) is 5.28. The molecule has 2 N–H and O–H groups in total. The minimum absolute atomic E-state index is 0.0321. The molecule has 2 aliphatic carbocycles. The molecule has 2 fully saturated rings. The Morgan fingerprint density at radius 3 is 2.38 bits per heavy atom. The normalized spacial score (nSPS) is 30.8. The highest BCUT2D eigenvalue weighted by Gasteiger charge is 2.60. The molecule has 0 radical (unpaired) electrons. The van der Waals surface area contributed by atoms with Crippen LogP contribution >= 0.6 is 23.2 Å². The molecule has 4 unspecified atom stereocenters. The van der Waals surface area contributed by atoms with Crippen molar-refractivity contribution in [2.75, 3.05) is 0 Å². The molecular weight excluding hydrogens is 422 g/mol. The average molecular weight is 447 g/mol. The minimum atomic E-state index is -2.55. The van der Waals surface area contributed by atoms with E-state index in [1.807, 2.05) is 0 Å². The fraction of sp³-hybridized carbons (Fsp3) is 0.619. The van der Waals surface area contributed by atoms with Crippen LogP contribution in [-0.2, 0) is 20.9 Å². The monoisotopic (exact) mass is 446 g/mol. The van der Waals surface area contributed by atoms with Crippen LogP contribution in [0.5, 0.6) is 0 Å². The SMILES string of the molecule is O=C(O)C1C(OCc2ccc(Cl)c(Cl)c2)CCC(F)(C(=O)O)C1C1CCCCC1. The first-order valence-corrected chi connectivity index (χ1v) is 10.7. The Kier molecular flexibility index (Phi) is 7.07. The topological polar surface area (TPSA) is 83.8 Å². The number of carboxylic acids is 2. The van der Waals surface area contributed by atoms with Crippen molar-refractivity contribution in [3.8, 4) is 0 Å². The van der Waals surface area contributed by atoms with Gasteiger partial charge in [0.1, 0.15) is 0 Å². The third kappa shape index (κ3) is 4.70. The summed E-state index contributed by atoms with van der Waals surface area (Å²) in [5, 5.41) is 20.3. The lowest BCUT2D eigenvalue weighted by Gasteiger charge is -2.47. The molecule has 0 aromatic heterocycles. The first-order chi connectivity index (χ1) is 13.7. The molecule has 29 heavy (non-hydrogen) atoms. The summed E-state index contributed by atoms with van der Waals surface area (Å²) in [4.78, 5) is 24.0. The minimum Gasteiger partial charge on any atom is -0.481 e. The van der Waals surface area contributed by atoms with Crippen molar-refractivity contribution in [3.63, 3.8) is 0 Å². The Morgan fingerprint density at radius 2 is 1.79 bits per heavy atom.